The molecule has 1 fully saturated rings. The number of carbonyl (C=O) groups excluding carboxylic acids is 2. The first-order chi connectivity index (χ1) is 16.0. The number of imide groups is 1. The van der Waals surface area contributed by atoms with Crippen molar-refractivity contribution in [2.45, 2.75) is 13.5 Å². The number of nitrogens with zero attached hydrogens (tertiary/aromatic N) is 1. The van der Waals surface area contributed by atoms with Crippen LogP contribution >= 0.6 is 23.4 Å². The van der Waals surface area contributed by atoms with Gasteiger partial charge < -0.3 is 9.47 Å². The van der Waals surface area contributed by atoms with Crippen molar-refractivity contribution in [3.8, 4) is 11.5 Å². The highest BCUT2D eigenvalue weighted by molar-refractivity contribution is 8.19. The number of ether oxygens (including phenoxy) is 2. The van der Waals surface area contributed by atoms with Gasteiger partial charge in [0.2, 0.25) is 0 Å². The van der Waals surface area contributed by atoms with E-state index in [1.807, 2.05) is 19.1 Å². The Labute approximate surface area is 199 Å². The number of thioether (sulfide) groups is 1. The van der Waals surface area contributed by atoms with Crippen LogP contribution in [-0.2, 0) is 11.4 Å². The van der Waals surface area contributed by atoms with Gasteiger partial charge in [0.1, 0.15) is 12.4 Å². The zero-order valence-electron chi connectivity index (χ0n) is 17.6. The molecule has 3 aromatic rings. The van der Waals surface area contributed by atoms with Gasteiger partial charge in [-0.25, -0.2) is 9.29 Å². The number of para-hydroxylation sites is 1. The number of hydrogen-bond acceptors (Lipinski definition) is 5. The largest absolute Gasteiger partial charge is 0.490 e. The monoisotopic (exact) mass is 483 g/mol. The van der Waals surface area contributed by atoms with Crippen LogP contribution in [0.5, 0.6) is 11.5 Å². The zero-order valence-corrected chi connectivity index (χ0v) is 19.2. The zero-order chi connectivity index (χ0) is 23.4. The Bertz CT molecular complexity index is 1230. The molecule has 4 rings (SSSR count). The molecule has 1 saturated heterocycles. The number of anilines is 1. The molecule has 8 heteroatoms. The van der Waals surface area contributed by atoms with Crippen LogP contribution < -0.4 is 14.4 Å². The molecule has 0 spiro atoms. The van der Waals surface area contributed by atoms with E-state index in [-0.39, 0.29) is 10.6 Å². The second-order valence-electron chi connectivity index (χ2n) is 7.02. The van der Waals surface area contributed by atoms with Crippen molar-refractivity contribution in [2.75, 3.05) is 11.5 Å². The van der Waals surface area contributed by atoms with Crippen molar-refractivity contribution >= 4 is 46.3 Å². The maximum Gasteiger partial charge on any atom is 0.298 e. The second kappa shape index (κ2) is 10.1. The lowest BCUT2D eigenvalue weighted by molar-refractivity contribution is -0.113. The first-order valence-corrected chi connectivity index (χ1v) is 11.3. The Morgan fingerprint density at radius 2 is 1.76 bits per heavy atom. The molecule has 33 heavy (non-hydrogen) atoms. The second-order valence-corrected chi connectivity index (χ2v) is 8.45. The van der Waals surface area contributed by atoms with E-state index < -0.39 is 17.0 Å². The van der Waals surface area contributed by atoms with E-state index in [0.29, 0.717) is 35.3 Å². The highest BCUT2D eigenvalue weighted by Crippen LogP contribution is 2.38. The Balaban J connectivity index is 1.55. The van der Waals surface area contributed by atoms with Gasteiger partial charge in [-0.05, 0) is 72.3 Å². The topological polar surface area (TPSA) is 55.8 Å². The average Bonchev–Trinajstić information content (AvgIpc) is 3.07. The quantitative estimate of drug-likeness (QED) is 0.350. The summed E-state index contributed by atoms with van der Waals surface area (Å²) in [6.07, 6.45) is 1.58. The van der Waals surface area contributed by atoms with Crippen LogP contribution in [0.25, 0.3) is 6.08 Å². The van der Waals surface area contributed by atoms with Crippen LogP contribution in [0.3, 0.4) is 0 Å². The van der Waals surface area contributed by atoms with Crippen molar-refractivity contribution < 1.29 is 23.5 Å². The van der Waals surface area contributed by atoms with Gasteiger partial charge in [-0.15, -0.1) is 0 Å². The number of hydrogen-bond donors (Lipinski definition) is 0. The van der Waals surface area contributed by atoms with Crippen LogP contribution in [0, 0.1) is 5.82 Å². The van der Waals surface area contributed by atoms with Crippen molar-refractivity contribution in [1.82, 2.24) is 0 Å². The molecule has 0 aromatic heterocycles. The van der Waals surface area contributed by atoms with Crippen LogP contribution in [-0.4, -0.2) is 17.8 Å². The number of benzene rings is 3. The smallest absolute Gasteiger partial charge is 0.298 e. The van der Waals surface area contributed by atoms with Crippen molar-refractivity contribution in [3.63, 3.8) is 0 Å². The third-order valence-corrected chi connectivity index (χ3v) is 5.88. The first-order valence-electron chi connectivity index (χ1n) is 10.1. The lowest BCUT2D eigenvalue weighted by Gasteiger charge is -2.13. The van der Waals surface area contributed by atoms with Crippen molar-refractivity contribution in [3.05, 3.63) is 93.6 Å². The Morgan fingerprint density at radius 3 is 2.48 bits per heavy atom. The minimum absolute atomic E-state index is 0.0654. The van der Waals surface area contributed by atoms with E-state index in [1.54, 1.807) is 42.5 Å². The summed E-state index contributed by atoms with van der Waals surface area (Å²) >= 11 is 6.68. The van der Waals surface area contributed by atoms with Crippen LogP contribution in [0.4, 0.5) is 14.9 Å². The number of carbonyl (C=O) groups is 2. The molecule has 2 amide bonds. The molecular formula is C25H19ClFNO4S. The predicted octanol–water partition coefficient (Wildman–Crippen LogP) is 6.70. The minimum Gasteiger partial charge on any atom is -0.490 e. The summed E-state index contributed by atoms with van der Waals surface area (Å²) < 4.78 is 25.7. The molecule has 5 nitrogen and oxygen atoms in total. The fourth-order valence-corrected chi connectivity index (χ4v) is 4.16. The van der Waals surface area contributed by atoms with Gasteiger partial charge in [-0.3, -0.25) is 9.59 Å². The molecule has 0 unspecified atom stereocenters. The summed E-state index contributed by atoms with van der Waals surface area (Å²) in [5.74, 6) is -0.157. The highest BCUT2D eigenvalue weighted by Gasteiger charge is 2.37. The fraction of sp³-hybridized carbons (Fsp3) is 0.120. The van der Waals surface area contributed by atoms with E-state index in [2.05, 4.69) is 0 Å². The van der Waals surface area contributed by atoms with Gasteiger partial charge >= 0.3 is 0 Å². The standard InChI is InChI=1S/C25H19ClFNO4S/c1-2-31-22-13-17(9-12-21(22)32-15-16-7-10-18(26)11-8-16)14-23-24(29)28(25(30)33-23)20-6-4-3-5-19(20)27/h3-14H,2,15H2,1H3/b23-14-. The van der Waals surface area contributed by atoms with E-state index in [4.69, 9.17) is 21.1 Å². The van der Waals surface area contributed by atoms with Gasteiger partial charge in [-0.2, -0.15) is 0 Å². The maximum atomic E-state index is 14.1. The van der Waals surface area contributed by atoms with E-state index >= 15 is 0 Å². The van der Waals surface area contributed by atoms with Gasteiger partial charge in [0.05, 0.1) is 17.2 Å². The highest BCUT2D eigenvalue weighted by atomic mass is 35.5. The summed E-state index contributed by atoms with van der Waals surface area (Å²) in [6, 6.07) is 18.3. The van der Waals surface area contributed by atoms with E-state index in [0.717, 1.165) is 22.2 Å². The normalized spacial score (nSPS) is 14.8. The summed E-state index contributed by atoms with van der Waals surface area (Å²) in [5, 5.41) is 0.0989. The van der Waals surface area contributed by atoms with E-state index in [9.17, 15) is 14.0 Å². The Hall–Kier alpha value is -3.29. The molecule has 0 radical (unpaired) electrons. The molecule has 0 N–H and O–H groups in total. The number of rotatable bonds is 7. The Kier molecular flexibility index (Phi) is 7.01. The molecule has 0 atom stereocenters. The van der Waals surface area contributed by atoms with Gasteiger partial charge in [0.15, 0.2) is 11.5 Å². The first kappa shape index (κ1) is 22.9. The lowest BCUT2D eigenvalue weighted by atomic mass is 10.1. The van der Waals surface area contributed by atoms with Crippen LogP contribution in [0.15, 0.2) is 71.6 Å². The van der Waals surface area contributed by atoms with Crippen LogP contribution in [0.2, 0.25) is 5.02 Å². The molecule has 1 aliphatic heterocycles. The van der Waals surface area contributed by atoms with Crippen molar-refractivity contribution in [2.24, 2.45) is 0 Å². The summed E-state index contributed by atoms with van der Waals surface area (Å²) in [7, 11) is 0. The van der Waals surface area contributed by atoms with Crippen molar-refractivity contribution in [1.29, 1.82) is 0 Å². The third-order valence-electron chi connectivity index (χ3n) is 4.76. The van der Waals surface area contributed by atoms with Gasteiger partial charge in [0.25, 0.3) is 11.1 Å². The number of amides is 2. The summed E-state index contributed by atoms with van der Waals surface area (Å²) in [5.41, 5.74) is 1.54. The van der Waals surface area contributed by atoms with E-state index in [1.165, 1.54) is 18.2 Å². The van der Waals surface area contributed by atoms with Gasteiger partial charge in [0, 0.05) is 5.02 Å². The Morgan fingerprint density at radius 1 is 1.00 bits per heavy atom. The lowest BCUT2D eigenvalue weighted by Crippen LogP contribution is -2.28. The fourth-order valence-electron chi connectivity index (χ4n) is 3.20. The van der Waals surface area contributed by atoms with Gasteiger partial charge in [-0.1, -0.05) is 41.9 Å². The SMILES string of the molecule is CCOc1cc(/C=C2\SC(=O)N(c3ccccc3F)C2=O)ccc1OCc1ccc(Cl)cc1. The van der Waals surface area contributed by atoms with Crippen LogP contribution in [0.1, 0.15) is 18.1 Å². The molecule has 1 aliphatic rings. The third kappa shape index (κ3) is 5.21. The summed E-state index contributed by atoms with van der Waals surface area (Å²) in [6.45, 7) is 2.61. The molecular weight excluding hydrogens is 465 g/mol. The molecule has 1 heterocycles. The molecule has 0 saturated carbocycles. The molecule has 168 valence electrons. The predicted molar refractivity (Wildman–Crippen MR) is 128 cm³/mol. The molecule has 0 bridgehead atoms. The minimum atomic E-state index is -0.637. The molecule has 0 aliphatic carbocycles. The number of halogens is 2. The molecule has 3 aromatic carbocycles. The maximum absolute atomic E-state index is 14.1. The summed E-state index contributed by atoms with van der Waals surface area (Å²) in [4.78, 5) is 26.3. The average molecular weight is 484 g/mol.